The molecule has 1 heterocycles. The van der Waals surface area contributed by atoms with Crippen LogP contribution >= 0.6 is 11.8 Å². The number of hydrogen-bond donors (Lipinski definition) is 1. The molecule has 9 heavy (non-hydrogen) atoms. The summed E-state index contributed by atoms with van der Waals surface area (Å²) in [6, 6.07) is 0.815. The molecule has 1 aliphatic heterocycles. The molecule has 2 heteroatoms. The largest absolute Gasteiger partial charge is 0.315 e. The van der Waals surface area contributed by atoms with Crippen molar-refractivity contribution in [2.24, 2.45) is 0 Å². The summed E-state index contributed by atoms with van der Waals surface area (Å²) in [6.45, 7) is 2.26. The highest BCUT2D eigenvalue weighted by Gasteiger charge is 2.28. The molecule has 0 aliphatic carbocycles. The van der Waals surface area contributed by atoms with Crippen LogP contribution < -0.4 is 5.32 Å². The van der Waals surface area contributed by atoms with Gasteiger partial charge < -0.3 is 5.32 Å². The van der Waals surface area contributed by atoms with Crippen molar-refractivity contribution < 1.29 is 0 Å². The van der Waals surface area contributed by atoms with Crippen LogP contribution in [-0.2, 0) is 0 Å². The number of nitrogens with one attached hydrogen (secondary N) is 1. The van der Waals surface area contributed by atoms with E-state index in [1.54, 1.807) is 0 Å². The lowest BCUT2D eigenvalue weighted by atomic mass is 10.1. The van der Waals surface area contributed by atoms with Crippen LogP contribution in [-0.4, -0.2) is 24.1 Å². The number of thioether (sulfide) groups is 1. The molecule has 1 nitrogen and oxygen atoms in total. The van der Waals surface area contributed by atoms with Gasteiger partial charge in [0.2, 0.25) is 0 Å². The molecule has 0 aromatic carbocycles. The number of rotatable bonds is 3. The summed E-state index contributed by atoms with van der Waals surface area (Å²) in [5.74, 6) is 1.32. The lowest BCUT2D eigenvalue weighted by Crippen LogP contribution is -2.46. The van der Waals surface area contributed by atoms with Crippen molar-refractivity contribution in [3.63, 3.8) is 0 Å². The maximum absolute atomic E-state index is 3.32. The minimum absolute atomic E-state index is 0.815. The normalized spacial score (nSPS) is 34.0. The van der Waals surface area contributed by atoms with Gasteiger partial charge in [0.1, 0.15) is 0 Å². The first-order valence-corrected chi connectivity index (χ1v) is 4.72. The molecule has 54 valence electrons. The van der Waals surface area contributed by atoms with E-state index in [-0.39, 0.29) is 0 Å². The van der Waals surface area contributed by atoms with Crippen LogP contribution in [0, 0.1) is 0 Å². The molecular weight excluding hydrogens is 130 g/mol. The van der Waals surface area contributed by atoms with Gasteiger partial charge in [0.25, 0.3) is 0 Å². The predicted molar refractivity (Wildman–Crippen MR) is 44.0 cm³/mol. The standard InChI is InChI=1S/C7H15NS/c1-3-4-7-6(8-2)5-9-7/h6-8H,3-5H2,1-2H3. The molecule has 1 aliphatic rings. The highest BCUT2D eigenvalue weighted by Crippen LogP contribution is 2.31. The van der Waals surface area contributed by atoms with Crippen LogP contribution in [0.15, 0.2) is 0 Å². The van der Waals surface area contributed by atoms with E-state index >= 15 is 0 Å². The Morgan fingerprint density at radius 2 is 2.44 bits per heavy atom. The second kappa shape index (κ2) is 3.47. The lowest BCUT2D eigenvalue weighted by Gasteiger charge is -2.35. The fourth-order valence-corrected chi connectivity index (χ4v) is 2.53. The maximum Gasteiger partial charge on any atom is 0.0274 e. The van der Waals surface area contributed by atoms with Crippen LogP contribution in [0.5, 0.6) is 0 Å². The first kappa shape index (κ1) is 7.42. The molecular formula is C7H15NS. The quantitative estimate of drug-likeness (QED) is 0.645. The zero-order valence-electron chi connectivity index (χ0n) is 6.18. The molecule has 0 radical (unpaired) electrons. The maximum atomic E-state index is 3.32. The Kier molecular flexibility index (Phi) is 2.86. The first-order valence-electron chi connectivity index (χ1n) is 3.67. The van der Waals surface area contributed by atoms with E-state index in [0.29, 0.717) is 0 Å². The zero-order valence-corrected chi connectivity index (χ0v) is 7.00. The minimum Gasteiger partial charge on any atom is -0.315 e. The Balaban J connectivity index is 2.11. The van der Waals surface area contributed by atoms with E-state index in [1.165, 1.54) is 18.6 Å². The third-order valence-corrected chi connectivity index (χ3v) is 3.43. The molecule has 2 atom stereocenters. The Morgan fingerprint density at radius 1 is 1.67 bits per heavy atom. The Labute approximate surface area is 61.6 Å². The van der Waals surface area contributed by atoms with Gasteiger partial charge in [0.15, 0.2) is 0 Å². The van der Waals surface area contributed by atoms with Crippen molar-refractivity contribution in [1.29, 1.82) is 0 Å². The molecule has 0 aromatic rings. The highest BCUT2D eigenvalue weighted by atomic mass is 32.2. The van der Waals surface area contributed by atoms with Crippen molar-refractivity contribution in [2.75, 3.05) is 12.8 Å². The monoisotopic (exact) mass is 145 g/mol. The van der Waals surface area contributed by atoms with Gasteiger partial charge in [-0.25, -0.2) is 0 Å². The predicted octanol–water partition coefficient (Wildman–Crippen LogP) is 1.49. The van der Waals surface area contributed by atoms with Gasteiger partial charge in [-0.1, -0.05) is 13.3 Å². The fourth-order valence-electron chi connectivity index (χ4n) is 1.17. The van der Waals surface area contributed by atoms with Crippen LogP contribution in [0.1, 0.15) is 19.8 Å². The van der Waals surface area contributed by atoms with Crippen LogP contribution in [0.25, 0.3) is 0 Å². The molecule has 1 N–H and O–H groups in total. The summed E-state index contributed by atoms with van der Waals surface area (Å²) >= 11 is 2.10. The van der Waals surface area contributed by atoms with E-state index < -0.39 is 0 Å². The summed E-state index contributed by atoms with van der Waals surface area (Å²) in [5, 5.41) is 4.23. The zero-order chi connectivity index (χ0) is 6.69. The Bertz CT molecular complexity index is 83.0. The van der Waals surface area contributed by atoms with Gasteiger partial charge in [-0.05, 0) is 13.5 Å². The molecule has 0 amide bonds. The highest BCUT2D eigenvalue weighted by molar-refractivity contribution is 8.01. The van der Waals surface area contributed by atoms with Gasteiger partial charge in [0, 0.05) is 17.0 Å². The average Bonchev–Trinajstić information content (AvgIpc) is 1.82. The third kappa shape index (κ3) is 1.62. The van der Waals surface area contributed by atoms with Crippen molar-refractivity contribution in [3.05, 3.63) is 0 Å². The topological polar surface area (TPSA) is 12.0 Å². The second-order valence-electron chi connectivity index (χ2n) is 2.56. The summed E-state index contributed by atoms with van der Waals surface area (Å²) in [5.41, 5.74) is 0. The average molecular weight is 145 g/mol. The van der Waals surface area contributed by atoms with E-state index in [4.69, 9.17) is 0 Å². The van der Waals surface area contributed by atoms with Gasteiger partial charge in [-0.15, -0.1) is 0 Å². The van der Waals surface area contributed by atoms with Crippen molar-refractivity contribution in [3.8, 4) is 0 Å². The summed E-state index contributed by atoms with van der Waals surface area (Å²) in [4.78, 5) is 0. The molecule has 1 saturated heterocycles. The summed E-state index contributed by atoms with van der Waals surface area (Å²) in [6.07, 6.45) is 2.71. The van der Waals surface area contributed by atoms with Gasteiger partial charge in [-0.2, -0.15) is 11.8 Å². The Hall–Kier alpha value is 0.310. The molecule has 0 aromatic heterocycles. The van der Waals surface area contributed by atoms with E-state index in [0.717, 1.165) is 11.3 Å². The molecule has 1 fully saturated rings. The van der Waals surface area contributed by atoms with Crippen LogP contribution in [0.3, 0.4) is 0 Å². The van der Waals surface area contributed by atoms with Crippen LogP contribution in [0.4, 0.5) is 0 Å². The number of hydrogen-bond acceptors (Lipinski definition) is 2. The smallest absolute Gasteiger partial charge is 0.0274 e. The third-order valence-electron chi connectivity index (χ3n) is 1.88. The van der Waals surface area contributed by atoms with E-state index in [9.17, 15) is 0 Å². The second-order valence-corrected chi connectivity index (χ2v) is 3.83. The SMILES string of the molecule is CCCC1SCC1NC. The molecule has 1 rings (SSSR count). The van der Waals surface area contributed by atoms with E-state index in [1.807, 2.05) is 0 Å². The van der Waals surface area contributed by atoms with Crippen molar-refractivity contribution in [2.45, 2.75) is 31.1 Å². The van der Waals surface area contributed by atoms with Crippen LogP contribution in [0.2, 0.25) is 0 Å². The molecule has 0 saturated carbocycles. The molecule has 2 unspecified atom stereocenters. The summed E-state index contributed by atoms with van der Waals surface area (Å²) < 4.78 is 0. The van der Waals surface area contributed by atoms with Crippen molar-refractivity contribution >= 4 is 11.8 Å². The van der Waals surface area contributed by atoms with E-state index in [2.05, 4.69) is 31.1 Å². The Morgan fingerprint density at radius 3 is 2.78 bits per heavy atom. The van der Waals surface area contributed by atoms with Crippen molar-refractivity contribution in [1.82, 2.24) is 5.32 Å². The molecule has 0 spiro atoms. The summed E-state index contributed by atoms with van der Waals surface area (Å²) in [7, 11) is 2.06. The van der Waals surface area contributed by atoms with Gasteiger partial charge in [0.05, 0.1) is 0 Å². The minimum atomic E-state index is 0.815. The molecule has 0 bridgehead atoms. The van der Waals surface area contributed by atoms with Gasteiger partial charge >= 0.3 is 0 Å². The lowest BCUT2D eigenvalue weighted by molar-refractivity contribution is 0.528. The van der Waals surface area contributed by atoms with Gasteiger partial charge in [-0.3, -0.25) is 0 Å². The fraction of sp³-hybridized carbons (Fsp3) is 1.00. The first-order chi connectivity index (χ1) is 4.38.